The van der Waals surface area contributed by atoms with Crippen molar-refractivity contribution in [2.75, 3.05) is 39.4 Å². The van der Waals surface area contributed by atoms with Gasteiger partial charge < -0.3 is 19.3 Å². The molecule has 0 aromatic heterocycles. The first kappa shape index (κ1) is 21.4. The van der Waals surface area contributed by atoms with Gasteiger partial charge in [0.2, 0.25) is 5.91 Å². The fourth-order valence-electron chi connectivity index (χ4n) is 4.37. The van der Waals surface area contributed by atoms with E-state index in [1.807, 2.05) is 71.3 Å². The molecule has 2 aromatic carbocycles. The molecule has 0 aliphatic carbocycles. The lowest BCUT2D eigenvalue weighted by atomic mass is 9.90. The van der Waals surface area contributed by atoms with Crippen LogP contribution in [0.4, 0.5) is 0 Å². The number of nitrogens with zero attached hydrogens (tertiary/aromatic N) is 2. The lowest BCUT2D eigenvalue weighted by Crippen LogP contribution is -2.50. The minimum Gasteiger partial charge on any atom is -0.490 e. The molecule has 2 atom stereocenters. The predicted molar refractivity (Wildman–Crippen MR) is 118 cm³/mol. The minimum atomic E-state index is -0.103. The van der Waals surface area contributed by atoms with Gasteiger partial charge in [-0.05, 0) is 30.7 Å². The summed E-state index contributed by atoms with van der Waals surface area (Å²) in [5.41, 5.74) is 1.69. The maximum atomic E-state index is 13.2. The van der Waals surface area contributed by atoms with Gasteiger partial charge in [0.25, 0.3) is 5.91 Å². The molecule has 0 unspecified atom stereocenters. The molecule has 0 radical (unpaired) electrons. The van der Waals surface area contributed by atoms with Crippen LogP contribution in [0.5, 0.6) is 5.75 Å². The van der Waals surface area contributed by atoms with Crippen LogP contribution in [0.2, 0.25) is 0 Å². The minimum absolute atomic E-state index is 0.0279. The van der Waals surface area contributed by atoms with Crippen LogP contribution >= 0.6 is 0 Å². The Hall–Kier alpha value is -2.86. The predicted octanol–water partition coefficient (Wildman–Crippen LogP) is 3.15. The highest BCUT2D eigenvalue weighted by atomic mass is 16.5. The number of rotatable bonds is 5. The van der Waals surface area contributed by atoms with Crippen molar-refractivity contribution in [1.82, 2.24) is 9.80 Å². The highest BCUT2D eigenvalue weighted by Crippen LogP contribution is 2.28. The van der Waals surface area contributed by atoms with Crippen LogP contribution in [-0.2, 0) is 9.53 Å². The van der Waals surface area contributed by atoms with Crippen molar-refractivity contribution in [3.05, 3.63) is 65.7 Å². The van der Waals surface area contributed by atoms with Crippen LogP contribution in [0.15, 0.2) is 54.6 Å². The molecular weight excluding hydrogens is 392 g/mol. The zero-order valence-electron chi connectivity index (χ0n) is 18.0. The summed E-state index contributed by atoms with van der Waals surface area (Å²) in [4.78, 5) is 29.9. The first-order valence-electron chi connectivity index (χ1n) is 11.0. The van der Waals surface area contributed by atoms with E-state index in [4.69, 9.17) is 9.47 Å². The lowest BCUT2D eigenvalue weighted by Gasteiger charge is -2.39. The number of morpholine rings is 1. The van der Waals surface area contributed by atoms with E-state index < -0.39 is 0 Å². The summed E-state index contributed by atoms with van der Waals surface area (Å²) in [7, 11) is 0. The fourth-order valence-corrected chi connectivity index (χ4v) is 4.37. The summed E-state index contributed by atoms with van der Waals surface area (Å²) in [6.45, 7) is 5.51. The van der Waals surface area contributed by atoms with E-state index in [-0.39, 0.29) is 23.8 Å². The van der Waals surface area contributed by atoms with Gasteiger partial charge in [0.1, 0.15) is 11.9 Å². The molecule has 0 spiro atoms. The second-order valence-corrected chi connectivity index (χ2v) is 8.28. The molecule has 6 nitrogen and oxygen atoms in total. The smallest absolute Gasteiger partial charge is 0.254 e. The average Bonchev–Trinajstić information content (AvgIpc) is 2.81. The van der Waals surface area contributed by atoms with E-state index in [1.54, 1.807) is 0 Å². The third kappa shape index (κ3) is 5.25. The highest BCUT2D eigenvalue weighted by Gasteiger charge is 2.36. The van der Waals surface area contributed by atoms with Crippen molar-refractivity contribution in [3.8, 4) is 5.75 Å². The Balaban J connectivity index is 1.49. The standard InChI is InChI=1S/C25H30N2O4/c1-19-7-5-6-10-22(19)25(29)27-12-11-23(31-21-8-3-2-4-9-21)20(18-27)17-24(28)26-13-15-30-16-14-26/h2-10,20,23H,11-18H2,1H3/t20-,23-/m0/s1. The van der Waals surface area contributed by atoms with Gasteiger partial charge in [-0.2, -0.15) is 0 Å². The molecule has 2 saturated heterocycles. The second-order valence-electron chi connectivity index (χ2n) is 8.28. The molecule has 2 fully saturated rings. The zero-order valence-corrected chi connectivity index (χ0v) is 18.0. The summed E-state index contributed by atoms with van der Waals surface area (Å²) in [5, 5.41) is 0. The number of benzene rings is 2. The molecule has 4 rings (SSSR count). The van der Waals surface area contributed by atoms with Crippen LogP contribution < -0.4 is 4.74 Å². The monoisotopic (exact) mass is 422 g/mol. The van der Waals surface area contributed by atoms with Crippen LogP contribution in [-0.4, -0.2) is 67.1 Å². The Morgan fingerprint density at radius 1 is 0.968 bits per heavy atom. The maximum absolute atomic E-state index is 13.2. The van der Waals surface area contributed by atoms with Crippen molar-refractivity contribution >= 4 is 11.8 Å². The number of piperidine rings is 1. The first-order valence-corrected chi connectivity index (χ1v) is 11.0. The fraction of sp³-hybridized carbons (Fsp3) is 0.440. The largest absolute Gasteiger partial charge is 0.490 e. The molecule has 2 aliphatic rings. The average molecular weight is 423 g/mol. The molecule has 0 bridgehead atoms. The third-order valence-corrected chi connectivity index (χ3v) is 6.16. The van der Waals surface area contributed by atoms with Crippen LogP contribution in [0.1, 0.15) is 28.8 Å². The topological polar surface area (TPSA) is 59.1 Å². The molecular formula is C25H30N2O4. The summed E-state index contributed by atoms with van der Waals surface area (Å²) in [5.74, 6) is 0.882. The number of hydrogen-bond donors (Lipinski definition) is 0. The van der Waals surface area contributed by atoms with E-state index in [0.29, 0.717) is 52.2 Å². The molecule has 0 N–H and O–H groups in total. The Morgan fingerprint density at radius 2 is 1.68 bits per heavy atom. The Bertz CT molecular complexity index is 895. The van der Waals surface area contributed by atoms with Gasteiger partial charge in [-0.25, -0.2) is 0 Å². The molecule has 164 valence electrons. The van der Waals surface area contributed by atoms with E-state index in [2.05, 4.69) is 0 Å². The highest BCUT2D eigenvalue weighted by molar-refractivity contribution is 5.95. The summed E-state index contributed by atoms with van der Waals surface area (Å²) in [6, 6.07) is 17.4. The van der Waals surface area contributed by atoms with Crippen LogP contribution in [0, 0.1) is 12.8 Å². The molecule has 6 heteroatoms. The third-order valence-electron chi connectivity index (χ3n) is 6.16. The number of carbonyl (C=O) groups is 2. The van der Waals surface area contributed by atoms with Crippen molar-refractivity contribution in [2.24, 2.45) is 5.92 Å². The van der Waals surface area contributed by atoms with E-state index in [1.165, 1.54) is 0 Å². The number of aryl methyl sites for hydroxylation is 1. The van der Waals surface area contributed by atoms with E-state index in [0.717, 1.165) is 16.9 Å². The van der Waals surface area contributed by atoms with E-state index >= 15 is 0 Å². The second kappa shape index (κ2) is 9.96. The molecule has 31 heavy (non-hydrogen) atoms. The maximum Gasteiger partial charge on any atom is 0.254 e. The number of carbonyl (C=O) groups excluding carboxylic acids is 2. The number of hydrogen-bond acceptors (Lipinski definition) is 4. The normalized spacial score (nSPS) is 21.6. The van der Waals surface area contributed by atoms with Gasteiger partial charge in [0.05, 0.1) is 13.2 Å². The Labute approximate surface area is 183 Å². The van der Waals surface area contributed by atoms with Gasteiger partial charge in [-0.15, -0.1) is 0 Å². The summed E-state index contributed by atoms with van der Waals surface area (Å²) < 4.78 is 11.7. The first-order chi connectivity index (χ1) is 15.1. The van der Waals surface area contributed by atoms with Crippen molar-refractivity contribution in [3.63, 3.8) is 0 Å². The number of ether oxygens (including phenoxy) is 2. The quantitative estimate of drug-likeness (QED) is 0.743. The Morgan fingerprint density at radius 3 is 2.42 bits per heavy atom. The van der Waals surface area contributed by atoms with Crippen molar-refractivity contribution < 1.29 is 19.1 Å². The Kier molecular flexibility index (Phi) is 6.87. The zero-order chi connectivity index (χ0) is 21.6. The van der Waals surface area contributed by atoms with Gasteiger partial charge in [-0.1, -0.05) is 36.4 Å². The van der Waals surface area contributed by atoms with Crippen LogP contribution in [0.25, 0.3) is 0 Å². The molecule has 2 aromatic rings. The number of para-hydroxylation sites is 1. The molecule has 2 aliphatic heterocycles. The summed E-state index contributed by atoms with van der Waals surface area (Å²) in [6.07, 6.45) is 0.969. The van der Waals surface area contributed by atoms with Gasteiger partial charge in [-0.3, -0.25) is 9.59 Å². The SMILES string of the molecule is Cc1ccccc1C(=O)N1CC[C@H](Oc2ccccc2)[C@@H](CC(=O)N2CCOCC2)C1. The van der Waals surface area contributed by atoms with Gasteiger partial charge in [0.15, 0.2) is 0 Å². The summed E-state index contributed by atoms with van der Waals surface area (Å²) >= 11 is 0. The van der Waals surface area contributed by atoms with E-state index in [9.17, 15) is 9.59 Å². The number of likely N-dealkylation sites (tertiary alicyclic amines) is 1. The number of amides is 2. The van der Waals surface area contributed by atoms with Gasteiger partial charge >= 0.3 is 0 Å². The molecule has 2 heterocycles. The van der Waals surface area contributed by atoms with Crippen molar-refractivity contribution in [1.29, 1.82) is 0 Å². The van der Waals surface area contributed by atoms with Crippen LogP contribution in [0.3, 0.4) is 0 Å². The molecule has 2 amide bonds. The van der Waals surface area contributed by atoms with Crippen molar-refractivity contribution in [2.45, 2.75) is 25.9 Å². The van der Waals surface area contributed by atoms with Gasteiger partial charge in [0, 0.05) is 50.5 Å². The molecule has 0 saturated carbocycles. The lowest BCUT2D eigenvalue weighted by molar-refractivity contribution is -0.137.